The average molecular weight is 260 g/mol. The summed E-state index contributed by atoms with van der Waals surface area (Å²) in [5.41, 5.74) is 0.949. The van der Waals surface area contributed by atoms with Crippen LogP contribution in [0.25, 0.3) is 0 Å². The van der Waals surface area contributed by atoms with E-state index in [0.717, 1.165) is 6.42 Å². The van der Waals surface area contributed by atoms with E-state index in [2.05, 4.69) is 31.1 Å². The van der Waals surface area contributed by atoms with E-state index in [1.165, 1.54) is 19.3 Å². The Balaban J connectivity index is 2.06. The maximum absolute atomic E-state index is 12.2. The minimum absolute atomic E-state index is 0.0311. The molecular formula is C16H24N2O. The molecule has 0 saturated heterocycles. The van der Waals surface area contributed by atoms with Gasteiger partial charge in [-0.1, -0.05) is 33.6 Å². The fourth-order valence-electron chi connectivity index (χ4n) is 3.10. The molecule has 1 fully saturated rings. The van der Waals surface area contributed by atoms with Gasteiger partial charge in [0.2, 0.25) is 0 Å². The molecular weight excluding hydrogens is 236 g/mol. The van der Waals surface area contributed by atoms with Crippen LogP contribution in [0.1, 0.15) is 56.8 Å². The Morgan fingerprint density at radius 2 is 1.84 bits per heavy atom. The summed E-state index contributed by atoms with van der Waals surface area (Å²) >= 11 is 0. The smallest absolute Gasteiger partial charge is 0.251 e. The zero-order valence-electron chi connectivity index (χ0n) is 12.1. The van der Waals surface area contributed by atoms with Gasteiger partial charge in [0.05, 0.1) is 0 Å². The molecule has 0 bridgehead atoms. The normalized spacial score (nSPS) is 23.9. The molecule has 3 nitrogen and oxygen atoms in total. The number of hydrogen-bond acceptors (Lipinski definition) is 2. The Bertz CT molecular complexity index is 422. The van der Waals surface area contributed by atoms with E-state index in [9.17, 15) is 4.79 Å². The second kappa shape index (κ2) is 5.72. The van der Waals surface area contributed by atoms with Gasteiger partial charge in [-0.3, -0.25) is 9.78 Å². The van der Waals surface area contributed by atoms with Crippen LogP contribution in [-0.2, 0) is 0 Å². The third-order valence-electron chi connectivity index (χ3n) is 4.14. The van der Waals surface area contributed by atoms with Crippen molar-refractivity contribution < 1.29 is 4.79 Å². The molecule has 2 rings (SSSR count). The van der Waals surface area contributed by atoms with Crippen molar-refractivity contribution in [1.82, 2.24) is 10.3 Å². The summed E-state index contributed by atoms with van der Waals surface area (Å²) in [6.07, 6.45) is 8.13. The Morgan fingerprint density at radius 3 is 2.47 bits per heavy atom. The van der Waals surface area contributed by atoms with E-state index in [1.54, 1.807) is 24.5 Å². The summed E-state index contributed by atoms with van der Waals surface area (Å²) < 4.78 is 0. The molecule has 1 aliphatic carbocycles. The lowest BCUT2D eigenvalue weighted by atomic mass is 9.69. The number of nitrogens with zero attached hydrogens (tertiary/aromatic N) is 1. The van der Waals surface area contributed by atoms with Crippen molar-refractivity contribution in [3.8, 4) is 0 Å². The highest BCUT2D eigenvalue weighted by Gasteiger charge is 2.34. The zero-order chi connectivity index (χ0) is 13.9. The zero-order valence-corrected chi connectivity index (χ0v) is 12.1. The number of carbonyl (C=O) groups is 1. The summed E-state index contributed by atoms with van der Waals surface area (Å²) in [6, 6.07) is 3.84. The molecule has 1 saturated carbocycles. The number of aromatic nitrogens is 1. The molecule has 1 aliphatic rings. The second-order valence-electron chi connectivity index (χ2n) is 6.57. The molecule has 1 aromatic heterocycles. The van der Waals surface area contributed by atoms with Crippen molar-refractivity contribution in [3.05, 3.63) is 30.1 Å². The molecule has 1 aromatic rings. The number of nitrogens with one attached hydrogen (secondary N) is 1. The van der Waals surface area contributed by atoms with E-state index >= 15 is 0 Å². The summed E-state index contributed by atoms with van der Waals surface area (Å²) in [7, 11) is 0. The maximum atomic E-state index is 12.2. The highest BCUT2D eigenvalue weighted by molar-refractivity contribution is 5.94. The van der Waals surface area contributed by atoms with Gasteiger partial charge >= 0.3 is 0 Å². The standard InChI is InChI=1S/C16H24N2O/c1-16(2,3)13-6-4-5-7-14(13)18-15(19)12-8-10-17-11-9-12/h8-11,13-14H,4-7H2,1-3H3,(H,18,19)/t13-,14-/m0/s1. The van der Waals surface area contributed by atoms with Crippen molar-refractivity contribution in [3.63, 3.8) is 0 Å². The molecule has 0 aromatic carbocycles. The first-order valence-corrected chi connectivity index (χ1v) is 7.19. The van der Waals surface area contributed by atoms with Gasteiger partial charge in [-0.15, -0.1) is 0 Å². The SMILES string of the molecule is CC(C)(C)[C@H]1CCCC[C@@H]1NC(=O)c1ccncc1. The van der Waals surface area contributed by atoms with Gasteiger partial charge in [0.1, 0.15) is 0 Å². The number of carbonyl (C=O) groups excluding carboxylic acids is 1. The van der Waals surface area contributed by atoms with Crippen molar-refractivity contribution in [2.24, 2.45) is 11.3 Å². The fourth-order valence-corrected chi connectivity index (χ4v) is 3.10. The molecule has 0 unspecified atom stereocenters. The van der Waals surface area contributed by atoms with E-state index < -0.39 is 0 Å². The van der Waals surface area contributed by atoms with Crippen molar-refractivity contribution in [2.45, 2.75) is 52.5 Å². The molecule has 0 aliphatic heterocycles. The third kappa shape index (κ3) is 3.55. The van der Waals surface area contributed by atoms with Gasteiger partial charge in [0.15, 0.2) is 0 Å². The number of pyridine rings is 1. The quantitative estimate of drug-likeness (QED) is 0.885. The summed E-state index contributed by atoms with van der Waals surface area (Å²) in [4.78, 5) is 16.2. The van der Waals surface area contributed by atoms with Gasteiger partial charge < -0.3 is 5.32 Å². The van der Waals surface area contributed by atoms with Gasteiger partial charge in [-0.05, 0) is 36.3 Å². The number of rotatable bonds is 2. The monoisotopic (exact) mass is 260 g/mol. The van der Waals surface area contributed by atoms with Gasteiger partial charge in [0.25, 0.3) is 5.91 Å². The van der Waals surface area contributed by atoms with Crippen LogP contribution in [0.3, 0.4) is 0 Å². The van der Waals surface area contributed by atoms with Crippen LogP contribution in [0, 0.1) is 11.3 Å². The van der Waals surface area contributed by atoms with Crippen LogP contribution in [-0.4, -0.2) is 16.9 Å². The Kier molecular flexibility index (Phi) is 4.23. The highest BCUT2D eigenvalue weighted by atomic mass is 16.1. The van der Waals surface area contributed by atoms with Crippen LogP contribution in [0.5, 0.6) is 0 Å². The van der Waals surface area contributed by atoms with Crippen LogP contribution >= 0.6 is 0 Å². The predicted octanol–water partition coefficient (Wildman–Crippen LogP) is 3.42. The van der Waals surface area contributed by atoms with Crippen molar-refractivity contribution >= 4 is 5.91 Å². The minimum atomic E-state index is 0.0311. The highest BCUT2D eigenvalue weighted by Crippen LogP contribution is 2.38. The van der Waals surface area contributed by atoms with Crippen LogP contribution in [0.15, 0.2) is 24.5 Å². The first-order valence-electron chi connectivity index (χ1n) is 7.19. The Labute approximate surface area is 115 Å². The van der Waals surface area contributed by atoms with Gasteiger partial charge in [-0.25, -0.2) is 0 Å². The van der Waals surface area contributed by atoms with Crippen LogP contribution in [0.2, 0.25) is 0 Å². The maximum Gasteiger partial charge on any atom is 0.251 e. The number of amides is 1. The molecule has 0 radical (unpaired) electrons. The van der Waals surface area contributed by atoms with E-state index in [0.29, 0.717) is 17.5 Å². The van der Waals surface area contributed by atoms with E-state index in [1.807, 2.05) is 0 Å². The second-order valence-corrected chi connectivity index (χ2v) is 6.57. The fraction of sp³-hybridized carbons (Fsp3) is 0.625. The number of hydrogen-bond donors (Lipinski definition) is 1. The lowest BCUT2D eigenvalue weighted by Crippen LogP contribution is -2.46. The van der Waals surface area contributed by atoms with Gasteiger partial charge in [0, 0.05) is 24.0 Å². The van der Waals surface area contributed by atoms with Crippen LogP contribution in [0.4, 0.5) is 0 Å². The lowest BCUT2D eigenvalue weighted by Gasteiger charge is -2.40. The van der Waals surface area contributed by atoms with Crippen molar-refractivity contribution in [2.75, 3.05) is 0 Å². The molecule has 2 atom stereocenters. The van der Waals surface area contributed by atoms with Crippen LogP contribution < -0.4 is 5.32 Å². The molecule has 1 amide bonds. The largest absolute Gasteiger partial charge is 0.349 e. The molecule has 3 heteroatoms. The first kappa shape index (κ1) is 14.0. The predicted molar refractivity (Wildman–Crippen MR) is 76.9 cm³/mol. The third-order valence-corrected chi connectivity index (χ3v) is 4.14. The van der Waals surface area contributed by atoms with E-state index in [4.69, 9.17) is 0 Å². The topological polar surface area (TPSA) is 42.0 Å². The summed E-state index contributed by atoms with van der Waals surface area (Å²) in [6.45, 7) is 6.82. The molecule has 0 spiro atoms. The minimum Gasteiger partial charge on any atom is -0.349 e. The van der Waals surface area contributed by atoms with Crippen molar-refractivity contribution in [1.29, 1.82) is 0 Å². The Hall–Kier alpha value is -1.38. The summed E-state index contributed by atoms with van der Waals surface area (Å²) in [5.74, 6) is 0.593. The molecule has 1 heterocycles. The van der Waals surface area contributed by atoms with E-state index in [-0.39, 0.29) is 11.3 Å². The first-order chi connectivity index (χ1) is 8.98. The lowest BCUT2D eigenvalue weighted by molar-refractivity contribution is 0.0830. The molecule has 1 N–H and O–H groups in total. The van der Waals surface area contributed by atoms with Gasteiger partial charge in [-0.2, -0.15) is 0 Å². The molecule has 104 valence electrons. The Morgan fingerprint density at radius 1 is 1.21 bits per heavy atom. The summed E-state index contributed by atoms with van der Waals surface area (Å²) in [5, 5.41) is 3.23. The average Bonchev–Trinajstić information content (AvgIpc) is 2.39. The molecule has 19 heavy (non-hydrogen) atoms.